The zero-order valence-corrected chi connectivity index (χ0v) is 7.31. The van der Waals surface area contributed by atoms with Crippen molar-refractivity contribution in [2.75, 3.05) is 6.61 Å². The summed E-state index contributed by atoms with van der Waals surface area (Å²) in [6.45, 7) is 8.84. The van der Waals surface area contributed by atoms with Crippen LogP contribution in [0.3, 0.4) is 0 Å². The Bertz CT molecular complexity index is 83.7. The van der Waals surface area contributed by atoms with E-state index in [0.717, 1.165) is 6.42 Å². The Labute approximate surface area is 63.1 Å². The van der Waals surface area contributed by atoms with Gasteiger partial charge >= 0.3 is 0 Å². The molecule has 0 aromatic heterocycles. The van der Waals surface area contributed by atoms with Crippen molar-refractivity contribution >= 4 is 0 Å². The highest BCUT2D eigenvalue weighted by molar-refractivity contribution is 4.65. The average molecular weight is 145 g/mol. The van der Waals surface area contributed by atoms with Crippen LogP contribution in [0.2, 0.25) is 0 Å². The van der Waals surface area contributed by atoms with E-state index in [4.69, 9.17) is 0 Å². The summed E-state index contributed by atoms with van der Waals surface area (Å²) in [6, 6.07) is 0. The van der Waals surface area contributed by atoms with Gasteiger partial charge in [0, 0.05) is 0 Å². The second kappa shape index (κ2) is 3.94. The highest BCUT2D eigenvalue weighted by Gasteiger charge is 2.15. The molecule has 0 rings (SSSR count). The second-order valence-corrected chi connectivity index (χ2v) is 4.15. The summed E-state index contributed by atoms with van der Waals surface area (Å²) in [7, 11) is 0. The minimum Gasteiger partial charge on any atom is -0.204 e. The van der Waals surface area contributed by atoms with Gasteiger partial charge in [-0.15, -0.1) is 0 Å². The van der Waals surface area contributed by atoms with Gasteiger partial charge in [0.05, 0.1) is 6.61 Å². The van der Waals surface area contributed by atoms with Crippen molar-refractivity contribution in [1.29, 1.82) is 0 Å². The topological polar surface area (TPSA) is 29.1 Å². The van der Waals surface area contributed by atoms with Crippen molar-refractivity contribution in [2.45, 2.75) is 34.1 Å². The fourth-order valence-electron chi connectivity index (χ4n) is 1.22. The molecule has 0 amide bonds. The monoisotopic (exact) mass is 145 g/mol. The first-order valence-corrected chi connectivity index (χ1v) is 3.70. The quantitative estimate of drug-likeness (QED) is 0.443. The number of hydrogen-bond acceptors (Lipinski definition) is 1. The molecule has 0 heterocycles. The zero-order valence-electron chi connectivity index (χ0n) is 7.31. The second-order valence-electron chi connectivity index (χ2n) is 4.15. The van der Waals surface area contributed by atoms with Crippen LogP contribution >= 0.6 is 0 Å². The molecule has 0 fully saturated rings. The molecule has 0 aromatic carbocycles. The van der Waals surface area contributed by atoms with Gasteiger partial charge in [0.1, 0.15) is 0 Å². The maximum absolute atomic E-state index is 9.73. The van der Waals surface area contributed by atoms with Gasteiger partial charge in [-0.25, -0.2) is 4.89 Å². The predicted octanol–water partition coefficient (Wildman–Crippen LogP) is 2.42. The van der Waals surface area contributed by atoms with Gasteiger partial charge in [0.25, 0.3) is 0 Å². The molecule has 61 valence electrons. The van der Waals surface area contributed by atoms with Crippen LogP contribution in [-0.2, 0) is 10.1 Å². The van der Waals surface area contributed by atoms with Gasteiger partial charge in [-0.3, -0.25) is 0 Å². The minimum atomic E-state index is 0.304. The van der Waals surface area contributed by atoms with E-state index in [1.165, 1.54) is 0 Å². The number of rotatable bonds is 3. The molecule has 0 aliphatic carbocycles. The standard InChI is InChI=1S/C8H17O2/c1-7(6-10-9)5-8(2,3)4/h7H,5-6H2,1-4H3. The summed E-state index contributed by atoms with van der Waals surface area (Å²) in [4.78, 5) is 3.80. The molecule has 1 atom stereocenters. The van der Waals surface area contributed by atoms with E-state index in [1.807, 2.05) is 6.92 Å². The molecule has 2 nitrogen and oxygen atoms in total. The largest absolute Gasteiger partial charge is 0.204 e. The van der Waals surface area contributed by atoms with Crippen LogP contribution < -0.4 is 0 Å². The highest BCUT2D eigenvalue weighted by atomic mass is 17.1. The van der Waals surface area contributed by atoms with Crippen molar-refractivity contribution < 1.29 is 10.1 Å². The summed E-state index contributed by atoms with van der Waals surface area (Å²) >= 11 is 0. The summed E-state index contributed by atoms with van der Waals surface area (Å²) in [6.07, 6.45) is 1.04. The lowest BCUT2D eigenvalue weighted by Gasteiger charge is -2.21. The Morgan fingerprint density at radius 1 is 1.40 bits per heavy atom. The highest BCUT2D eigenvalue weighted by Crippen LogP contribution is 2.23. The first-order chi connectivity index (χ1) is 4.45. The van der Waals surface area contributed by atoms with E-state index in [2.05, 4.69) is 25.7 Å². The van der Waals surface area contributed by atoms with Gasteiger partial charge in [-0.1, -0.05) is 27.7 Å². The van der Waals surface area contributed by atoms with Gasteiger partial charge in [0.15, 0.2) is 0 Å². The van der Waals surface area contributed by atoms with Gasteiger partial charge in [-0.05, 0) is 23.0 Å². The molecule has 0 spiro atoms. The maximum Gasteiger partial charge on any atom is 0.0880 e. The SMILES string of the molecule is CC(CO[O])CC(C)(C)C. The fraction of sp³-hybridized carbons (Fsp3) is 1.00. The smallest absolute Gasteiger partial charge is 0.0880 e. The predicted molar refractivity (Wildman–Crippen MR) is 39.9 cm³/mol. The van der Waals surface area contributed by atoms with Crippen LogP contribution in [-0.4, -0.2) is 6.61 Å². The molecular formula is C8H17O2. The van der Waals surface area contributed by atoms with Crippen molar-refractivity contribution in [2.24, 2.45) is 11.3 Å². The van der Waals surface area contributed by atoms with E-state index >= 15 is 0 Å². The molecule has 1 unspecified atom stereocenters. The Hall–Kier alpha value is -0.0800. The third-order valence-electron chi connectivity index (χ3n) is 1.31. The van der Waals surface area contributed by atoms with Crippen LogP contribution in [0.5, 0.6) is 0 Å². The lowest BCUT2D eigenvalue weighted by Crippen LogP contribution is -2.14. The van der Waals surface area contributed by atoms with Crippen molar-refractivity contribution in [1.82, 2.24) is 0 Å². The van der Waals surface area contributed by atoms with Crippen molar-refractivity contribution in [3.63, 3.8) is 0 Å². The van der Waals surface area contributed by atoms with Gasteiger partial charge < -0.3 is 0 Å². The van der Waals surface area contributed by atoms with Crippen LogP contribution in [0, 0.1) is 11.3 Å². The third-order valence-corrected chi connectivity index (χ3v) is 1.31. The summed E-state index contributed by atoms with van der Waals surface area (Å²) in [5.74, 6) is 0.373. The van der Waals surface area contributed by atoms with Crippen LogP contribution in [0.4, 0.5) is 0 Å². The molecule has 1 radical (unpaired) electrons. The average Bonchev–Trinajstić information content (AvgIpc) is 1.59. The van der Waals surface area contributed by atoms with Crippen molar-refractivity contribution in [3.8, 4) is 0 Å². The van der Waals surface area contributed by atoms with Gasteiger partial charge in [0.2, 0.25) is 0 Å². The number of hydrogen-bond donors (Lipinski definition) is 0. The summed E-state index contributed by atoms with van der Waals surface area (Å²) in [5, 5.41) is 9.73. The molecule has 0 aliphatic heterocycles. The Morgan fingerprint density at radius 2 is 1.90 bits per heavy atom. The Kier molecular flexibility index (Phi) is 3.91. The van der Waals surface area contributed by atoms with E-state index in [9.17, 15) is 5.26 Å². The first-order valence-electron chi connectivity index (χ1n) is 3.70. The molecule has 0 bridgehead atoms. The normalized spacial score (nSPS) is 15.3. The maximum atomic E-state index is 9.73. The van der Waals surface area contributed by atoms with E-state index in [0.29, 0.717) is 17.9 Å². The fourth-order valence-corrected chi connectivity index (χ4v) is 1.22. The lowest BCUT2D eigenvalue weighted by molar-refractivity contribution is -0.310. The Balaban J connectivity index is 3.47. The van der Waals surface area contributed by atoms with E-state index in [-0.39, 0.29) is 0 Å². The zero-order chi connectivity index (χ0) is 8.20. The molecule has 10 heavy (non-hydrogen) atoms. The molecule has 0 aromatic rings. The Morgan fingerprint density at radius 3 is 2.20 bits per heavy atom. The molecule has 0 N–H and O–H groups in total. The molecule has 0 saturated carbocycles. The molecular weight excluding hydrogens is 128 g/mol. The minimum absolute atomic E-state index is 0.304. The van der Waals surface area contributed by atoms with Crippen LogP contribution in [0.15, 0.2) is 0 Å². The first kappa shape index (κ1) is 9.92. The van der Waals surface area contributed by atoms with Crippen molar-refractivity contribution in [3.05, 3.63) is 0 Å². The molecule has 0 saturated heterocycles. The van der Waals surface area contributed by atoms with E-state index in [1.54, 1.807) is 0 Å². The summed E-state index contributed by atoms with van der Waals surface area (Å²) < 4.78 is 0. The lowest BCUT2D eigenvalue weighted by atomic mass is 9.86. The van der Waals surface area contributed by atoms with Crippen LogP contribution in [0.1, 0.15) is 34.1 Å². The summed E-state index contributed by atoms with van der Waals surface area (Å²) in [5.41, 5.74) is 0.304. The molecule has 2 heteroatoms. The van der Waals surface area contributed by atoms with Crippen LogP contribution in [0.25, 0.3) is 0 Å². The molecule has 0 aliphatic rings. The van der Waals surface area contributed by atoms with E-state index < -0.39 is 0 Å². The van der Waals surface area contributed by atoms with Gasteiger partial charge in [-0.2, -0.15) is 0 Å². The third kappa shape index (κ3) is 6.05.